The van der Waals surface area contributed by atoms with E-state index in [4.69, 9.17) is 9.47 Å². The number of amides is 1. The van der Waals surface area contributed by atoms with Crippen molar-refractivity contribution in [1.82, 2.24) is 5.32 Å². The largest absolute Gasteiger partial charge is 0.497 e. The molecule has 0 radical (unpaired) electrons. The van der Waals surface area contributed by atoms with Crippen molar-refractivity contribution in [2.45, 2.75) is 6.54 Å². The molecule has 1 N–H and O–H groups in total. The van der Waals surface area contributed by atoms with Gasteiger partial charge >= 0.3 is 0 Å². The van der Waals surface area contributed by atoms with E-state index in [0.29, 0.717) is 12.1 Å². The minimum Gasteiger partial charge on any atom is -0.497 e. The summed E-state index contributed by atoms with van der Waals surface area (Å²) in [7, 11) is 3.20. The Hall–Kier alpha value is -1.53. The van der Waals surface area contributed by atoms with Crippen molar-refractivity contribution in [1.29, 1.82) is 0 Å². The monoisotopic (exact) mass is 355 g/mol. The van der Waals surface area contributed by atoms with E-state index in [9.17, 15) is 4.79 Å². The highest BCUT2D eigenvalue weighted by atomic mass is 79.9. The van der Waals surface area contributed by atoms with Crippen LogP contribution in [0.2, 0.25) is 0 Å². The fourth-order valence-electron chi connectivity index (χ4n) is 1.73. The fourth-order valence-corrected chi connectivity index (χ4v) is 2.86. The van der Waals surface area contributed by atoms with Gasteiger partial charge in [0, 0.05) is 17.5 Å². The fraction of sp³-hybridized carbons (Fsp3) is 0.214. The summed E-state index contributed by atoms with van der Waals surface area (Å²) in [5, 5.41) is 4.67. The van der Waals surface area contributed by atoms with Crippen LogP contribution in [0.1, 0.15) is 15.9 Å². The van der Waals surface area contributed by atoms with Crippen molar-refractivity contribution < 1.29 is 14.3 Å². The molecule has 20 heavy (non-hydrogen) atoms. The summed E-state index contributed by atoms with van der Waals surface area (Å²) in [6.45, 7) is 0.382. The molecular weight excluding hydrogens is 342 g/mol. The predicted molar refractivity (Wildman–Crippen MR) is 82.7 cm³/mol. The molecule has 0 saturated carbocycles. The van der Waals surface area contributed by atoms with Crippen LogP contribution in [0.5, 0.6) is 11.5 Å². The number of halogens is 1. The number of nitrogens with one attached hydrogen (secondary N) is 1. The van der Waals surface area contributed by atoms with Gasteiger partial charge in [0.25, 0.3) is 5.91 Å². The highest BCUT2D eigenvalue weighted by Crippen LogP contribution is 2.24. The Balaban J connectivity index is 2.08. The summed E-state index contributed by atoms with van der Waals surface area (Å²) in [6, 6.07) is 7.28. The smallest absolute Gasteiger partial charge is 0.252 e. The Morgan fingerprint density at radius 1 is 1.30 bits per heavy atom. The number of methoxy groups -OCH3 is 2. The molecule has 0 aliphatic heterocycles. The topological polar surface area (TPSA) is 47.6 Å². The molecule has 0 aliphatic carbocycles. The quantitative estimate of drug-likeness (QED) is 0.893. The average molecular weight is 356 g/mol. The zero-order valence-electron chi connectivity index (χ0n) is 11.1. The number of benzene rings is 1. The van der Waals surface area contributed by atoms with Crippen LogP contribution in [0.3, 0.4) is 0 Å². The third-order valence-electron chi connectivity index (χ3n) is 2.76. The Labute approximate surface area is 129 Å². The first-order valence-electron chi connectivity index (χ1n) is 5.87. The Morgan fingerprint density at radius 3 is 2.70 bits per heavy atom. The van der Waals surface area contributed by atoms with Crippen molar-refractivity contribution in [3.8, 4) is 11.5 Å². The van der Waals surface area contributed by atoms with Crippen LogP contribution in [-0.2, 0) is 6.54 Å². The van der Waals surface area contributed by atoms with Crippen molar-refractivity contribution >= 4 is 33.2 Å². The first-order valence-corrected chi connectivity index (χ1v) is 7.54. The molecule has 1 aromatic heterocycles. The van der Waals surface area contributed by atoms with Gasteiger partial charge in [-0.15, -0.1) is 11.3 Å². The first kappa shape index (κ1) is 14.9. The summed E-state index contributed by atoms with van der Waals surface area (Å²) in [6.07, 6.45) is 0. The molecule has 106 valence electrons. The van der Waals surface area contributed by atoms with Gasteiger partial charge in [0.1, 0.15) is 11.5 Å². The number of carbonyl (C=O) groups excluding carboxylic acids is 1. The number of hydrogen-bond acceptors (Lipinski definition) is 4. The van der Waals surface area contributed by atoms with Gasteiger partial charge in [-0.05, 0) is 40.2 Å². The van der Waals surface area contributed by atoms with Gasteiger partial charge in [-0.3, -0.25) is 4.79 Å². The van der Waals surface area contributed by atoms with Gasteiger partial charge in [0.15, 0.2) is 0 Å². The van der Waals surface area contributed by atoms with Gasteiger partial charge < -0.3 is 14.8 Å². The number of rotatable bonds is 5. The Kier molecular flexibility index (Phi) is 5.03. The van der Waals surface area contributed by atoms with Gasteiger partial charge in [-0.2, -0.15) is 0 Å². The van der Waals surface area contributed by atoms with Crippen LogP contribution in [0.4, 0.5) is 0 Å². The summed E-state index contributed by atoms with van der Waals surface area (Å²) < 4.78 is 11.4. The third-order valence-corrected chi connectivity index (χ3v) is 4.26. The van der Waals surface area contributed by atoms with Crippen molar-refractivity contribution in [2.75, 3.05) is 14.2 Å². The number of ether oxygens (including phenoxy) is 2. The second-order valence-corrected chi connectivity index (χ2v) is 6.29. The lowest BCUT2D eigenvalue weighted by atomic mass is 10.2. The number of carbonyl (C=O) groups is 1. The van der Waals surface area contributed by atoms with Crippen molar-refractivity contribution in [2.24, 2.45) is 0 Å². The van der Waals surface area contributed by atoms with E-state index < -0.39 is 0 Å². The van der Waals surface area contributed by atoms with Crippen LogP contribution in [-0.4, -0.2) is 20.1 Å². The third kappa shape index (κ3) is 3.52. The summed E-state index contributed by atoms with van der Waals surface area (Å²) in [4.78, 5) is 12.0. The van der Waals surface area contributed by atoms with E-state index in [-0.39, 0.29) is 5.91 Å². The second-order valence-electron chi connectivity index (χ2n) is 4.00. The lowest BCUT2D eigenvalue weighted by Gasteiger charge is -2.11. The normalized spacial score (nSPS) is 10.2. The molecule has 1 heterocycles. The Bertz CT molecular complexity index is 612. The molecule has 1 amide bonds. The molecule has 0 aliphatic rings. The highest BCUT2D eigenvalue weighted by molar-refractivity contribution is 9.11. The van der Waals surface area contributed by atoms with Gasteiger partial charge in [0.2, 0.25) is 0 Å². The van der Waals surface area contributed by atoms with Gasteiger partial charge in [-0.25, -0.2) is 0 Å². The van der Waals surface area contributed by atoms with E-state index in [1.165, 1.54) is 11.3 Å². The van der Waals surface area contributed by atoms with Crippen LogP contribution in [0.15, 0.2) is 33.4 Å². The van der Waals surface area contributed by atoms with Crippen LogP contribution in [0.25, 0.3) is 0 Å². The first-order chi connectivity index (χ1) is 9.63. The zero-order chi connectivity index (χ0) is 14.5. The van der Waals surface area contributed by atoms with Gasteiger partial charge in [-0.1, -0.05) is 0 Å². The van der Waals surface area contributed by atoms with E-state index >= 15 is 0 Å². The van der Waals surface area contributed by atoms with Crippen LogP contribution in [0, 0.1) is 0 Å². The molecule has 0 fully saturated rings. The maximum absolute atomic E-state index is 12.0. The van der Waals surface area contributed by atoms with E-state index in [2.05, 4.69) is 21.2 Å². The van der Waals surface area contributed by atoms with Gasteiger partial charge in [0.05, 0.1) is 23.6 Å². The lowest BCUT2D eigenvalue weighted by molar-refractivity contribution is 0.0951. The summed E-state index contributed by atoms with van der Waals surface area (Å²) in [5.41, 5.74) is 1.51. The molecule has 1 aromatic carbocycles. The zero-order valence-corrected chi connectivity index (χ0v) is 13.5. The number of thiophene rings is 1. The lowest BCUT2D eigenvalue weighted by Crippen LogP contribution is -2.22. The molecule has 0 spiro atoms. The summed E-state index contributed by atoms with van der Waals surface area (Å²) in [5.74, 6) is 1.34. The molecule has 4 nitrogen and oxygen atoms in total. The second kappa shape index (κ2) is 6.76. The molecule has 2 rings (SSSR count). The molecular formula is C14H14BrNO3S. The van der Waals surface area contributed by atoms with Crippen LogP contribution >= 0.6 is 27.3 Å². The molecule has 2 aromatic rings. The molecule has 0 saturated heterocycles. The SMILES string of the molecule is COc1ccc(OC)c(CNC(=O)c2csc(Br)c2)c1. The summed E-state index contributed by atoms with van der Waals surface area (Å²) >= 11 is 4.82. The number of hydrogen-bond donors (Lipinski definition) is 1. The van der Waals surface area contributed by atoms with Crippen molar-refractivity contribution in [3.05, 3.63) is 44.6 Å². The minimum absolute atomic E-state index is 0.114. The van der Waals surface area contributed by atoms with E-state index in [0.717, 1.165) is 20.8 Å². The van der Waals surface area contributed by atoms with Crippen LogP contribution < -0.4 is 14.8 Å². The molecule has 0 unspecified atom stereocenters. The maximum Gasteiger partial charge on any atom is 0.252 e. The van der Waals surface area contributed by atoms with E-state index in [1.807, 2.05) is 23.6 Å². The average Bonchev–Trinajstić information content (AvgIpc) is 2.91. The molecule has 0 bridgehead atoms. The van der Waals surface area contributed by atoms with Crippen molar-refractivity contribution in [3.63, 3.8) is 0 Å². The molecule has 6 heteroatoms. The molecule has 0 atom stereocenters. The van der Waals surface area contributed by atoms with E-state index in [1.54, 1.807) is 20.3 Å². The standard InChI is InChI=1S/C14H14BrNO3S/c1-18-11-3-4-12(19-2)9(5-11)7-16-14(17)10-6-13(15)20-8-10/h3-6,8H,7H2,1-2H3,(H,16,17). The minimum atomic E-state index is -0.114. The highest BCUT2D eigenvalue weighted by Gasteiger charge is 2.10. The predicted octanol–water partition coefficient (Wildman–Crippen LogP) is 3.46. The Morgan fingerprint density at radius 2 is 2.10 bits per heavy atom. The maximum atomic E-state index is 12.0.